The van der Waals surface area contributed by atoms with E-state index in [9.17, 15) is 9.90 Å². The standard InChI is InChI=1S/C14H20N2O2/c1-11-7-8-15-13(12(11)14(17)18)16-9-5-3-2-4-6-10-16/h7-8H,2-6,9-10H2,1H3,(H,17,18). The molecule has 0 radical (unpaired) electrons. The molecule has 1 aliphatic rings. The summed E-state index contributed by atoms with van der Waals surface area (Å²) in [5.74, 6) is -0.234. The Labute approximate surface area is 108 Å². The summed E-state index contributed by atoms with van der Waals surface area (Å²) < 4.78 is 0. The van der Waals surface area contributed by atoms with Crippen molar-refractivity contribution in [3.05, 3.63) is 23.4 Å². The minimum absolute atomic E-state index is 0.359. The summed E-state index contributed by atoms with van der Waals surface area (Å²) in [6.07, 6.45) is 7.69. The van der Waals surface area contributed by atoms with E-state index in [1.807, 2.05) is 6.92 Å². The maximum atomic E-state index is 11.4. The van der Waals surface area contributed by atoms with E-state index in [-0.39, 0.29) is 0 Å². The second-order valence-corrected chi connectivity index (χ2v) is 4.89. The Morgan fingerprint density at radius 1 is 1.22 bits per heavy atom. The molecule has 0 saturated carbocycles. The van der Waals surface area contributed by atoms with Crippen LogP contribution in [0.5, 0.6) is 0 Å². The minimum atomic E-state index is -0.877. The number of nitrogens with zero attached hydrogens (tertiary/aromatic N) is 2. The van der Waals surface area contributed by atoms with Gasteiger partial charge in [-0.15, -0.1) is 0 Å². The Morgan fingerprint density at radius 2 is 1.83 bits per heavy atom. The first-order valence-electron chi connectivity index (χ1n) is 6.64. The fourth-order valence-corrected chi connectivity index (χ4v) is 2.51. The third kappa shape index (κ3) is 2.81. The smallest absolute Gasteiger partial charge is 0.339 e. The van der Waals surface area contributed by atoms with Crippen LogP contribution in [0.3, 0.4) is 0 Å². The van der Waals surface area contributed by atoms with Crippen molar-refractivity contribution in [3.63, 3.8) is 0 Å². The molecule has 0 spiro atoms. The van der Waals surface area contributed by atoms with E-state index >= 15 is 0 Å². The van der Waals surface area contributed by atoms with Crippen molar-refractivity contribution in [3.8, 4) is 0 Å². The lowest BCUT2D eigenvalue weighted by Gasteiger charge is -2.27. The molecule has 1 aromatic heterocycles. The minimum Gasteiger partial charge on any atom is -0.478 e. The molecule has 4 nitrogen and oxygen atoms in total. The van der Waals surface area contributed by atoms with Gasteiger partial charge in [0, 0.05) is 19.3 Å². The molecule has 1 saturated heterocycles. The largest absolute Gasteiger partial charge is 0.478 e. The monoisotopic (exact) mass is 248 g/mol. The van der Waals surface area contributed by atoms with Crippen molar-refractivity contribution < 1.29 is 9.90 Å². The number of carbonyl (C=O) groups is 1. The van der Waals surface area contributed by atoms with E-state index in [1.165, 1.54) is 19.3 Å². The molecule has 1 N–H and O–H groups in total. The first kappa shape index (κ1) is 12.9. The zero-order chi connectivity index (χ0) is 13.0. The first-order chi connectivity index (χ1) is 8.70. The lowest BCUT2D eigenvalue weighted by Crippen LogP contribution is -2.29. The van der Waals surface area contributed by atoms with E-state index in [1.54, 1.807) is 12.3 Å². The molecule has 18 heavy (non-hydrogen) atoms. The van der Waals surface area contributed by atoms with Gasteiger partial charge in [0.15, 0.2) is 0 Å². The first-order valence-corrected chi connectivity index (χ1v) is 6.64. The SMILES string of the molecule is Cc1ccnc(N2CCCCCCC2)c1C(=O)O. The highest BCUT2D eigenvalue weighted by molar-refractivity contribution is 5.94. The summed E-state index contributed by atoms with van der Waals surface area (Å²) >= 11 is 0. The number of aromatic carboxylic acids is 1. The number of carboxylic acids is 1. The Balaban J connectivity index is 2.30. The third-order valence-electron chi connectivity index (χ3n) is 3.51. The van der Waals surface area contributed by atoms with Crippen molar-refractivity contribution >= 4 is 11.8 Å². The van der Waals surface area contributed by atoms with Gasteiger partial charge >= 0.3 is 5.97 Å². The molecule has 98 valence electrons. The van der Waals surface area contributed by atoms with Gasteiger partial charge < -0.3 is 10.0 Å². The molecule has 0 atom stereocenters. The average Bonchev–Trinajstić information content (AvgIpc) is 2.27. The Bertz CT molecular complexity index is 424. The normalized spacial score (nSPS) is 17.1. The summed E-state index contributed by atoms with van der Waals surface area (Å²) in [7, 11) is 0. The van der Waals surface area contributed by atoms with Gasteiger partial charge in [-0.3, -0.25) is 0 Å². The van der Waals surface area contributed by atoms with Crippen LogP contribution < -0.4 is 4.90 Å². The van der Waals surface area contributed by atoms with Gasteiger partial charge in [0.1, 0.15) is 11.4 Å². The zero-order valence-corrected chi connectivity index (χ0v) is 10.9. The van der Waals surface area contributed by atoms with Gasteiger partial charge in [-0.05, 0) is 31.4 Å². The average molecular weight is 248 g/mol. The number of anilines is 1. The van der Waals surface area contributed by atoms with Crippen molar-refractivity contribution in [2.75, 3.05) is 18.0 Å². The van der Waals surface area contributed by atoms with Crippen LogP contribution in [0.25, 0.3) is 0 Å². The molecule has 0 aromatic carbocycles. The number of hydrogen-bond acceptors (Lipinski definition) is 3. The zero-order valence-electron chi connectivity index (χ0n) is 10.9. The lowest BCUT2D eigenvalue weighted by atomic mass is 10.1. The molecule has 1 aliphatic heterocycles. The number of pyridine rings is 1. The summed E-state index contributed by atoms with van der Waals surface area (Å²) in [4.78, 5) is 17.8. The number of carboxylic acid groups (broad SMARTS) is 1. The van der Waals surface area contributed by atoms with Crippen LogP contribution in [0.1, 0.15) is 48.0 Å². The lowest BCUT2D eigenvalue weighted by molar-refractivity contribution is 0.0696. The molecular weight excluding hydrogens is 228 g/mol. The summed E-state index contributed by atoms with van der Waals surface area (Å²) in [5.41, 5.74) is 1.15. The molecule has 4 heteroatoms. The number of aryl methyl sites for hydroxylation is 1. The van der Waals surface area contributed by atoms with Crippen LogP contribution in [-0.2, 0) is 0 Å². The topological polar surface area (TPSA) is 53.4 Å². The van der Waals surface area contributed by atoms with Crippen LogP contribution in [0.2, 0.25) is 0 Å². The van der Waals surface area contributed by atoms with Gasteiger partial charge in [-0.1, -0.05) is 19.3 Å². The van der Waals surface area contributed by atoms with Crippen LogP contribution in [-0.4, -0.2) is 29.1 Å². The highest BCUT2D eigenvalue weighted by Crippen LogP contribution is 2.23. The van der Waals surface area contributed by atoms with Crippen LogP contribution >= 0.6 is 0 Å². The predicted molar refractivity (Wildman–Crippen MR) is 71.2 cm³/mol. The molecular formula is C14H20N2O2. The summed E-state index contributed by atoms with van der Waals surface area (Å²) in [5, 5.41) is 9.34. The molecule has 0 bridgehead atoms. The van der Waals surface area contributed by atoms with Crippen molar-refractivity contribution in [1.82, 2.24) is 4.98 Å². The number of rotatable bonds is 2. The molecule has 0 amide bonds. The van der Waals surface area contributed by atoms with Crippen molar-refractivity contribution in [2.45, 2.75) is 39.0 Å². The second kappa shape index (κ2) is 5.85. The van der Waals surface area contributed by atoms with E-state index < -0.39 is 5.97 Å². The second-order valence-electron chi connectivity index (χ2n) is 4.89. The van der Waals surface area contributed by atoms with Crippen LogP contribution in [0.4, 0.5) is 5.82 Å². The quantitative estimate of drug-likeness (QED) is 0.874. The molecule has 0 aliphatic carbocycles. The maximum absolute atomic E-state index is 11.4. The van der Waals surface area contributed by atoms with E-state index in [0.29, 0.717) is 11.4 Å². The van der Waals surface area contributed by atoms with Crippen molar-refractivity contribution in [2.24, 2.45) is 0 Å². The molecule has 1 fully saturated rings. The molecule has 2 rings (SSSR count). The Kier molecular flexibility index (Phi) is 4.18. The Hall–Kier alpha value is -1.58. The van der Waals surface area contributed by atoms with Crippen molar-refractivity contribution in [1.29, 1.82) is 0 Å². The van der Waals surface area contributed by atoms with Gasteiger partial charge in [-0.2, -0.15) is 0 Å². The highest BCUT2D eigenvalue weighted by atomic mass is 16.4. The van der Waals surface area contributed by atoms with Crippen LogP contribution in [0.15, 0.2) is 12.3 Å². The van der Waals surface area contributed by atoms with Crippen LogP contribution in [0, 0.1) is 6.92 Å². The third-order valence-corrected chi connectivity index (χ3v) is 3.51. The van der Waals surface area contributed by atoms with Gasteiger partial charge in [0.25, 0.3) is 0 Å². The highest BCUT2D eigenvalue weighted by Gasteiger charge is 2.20. The predicted octanol–water partition coefficient (Wildman–Crippen LogP) is 2.86. The number of hydrogen-bond donors (Lipinski definition) is 1. The Morgan fingerprint density at radius 3 is 2.44 bits per heavy atom. The van der Waals surface area contributed by atoms with E-state index in [4.69, 9.17) is 0 Å². The summed E-state index contributed by atoms with van der Waals surface area (Å²) in [6.45, 7) is 3.66. The number of aromatic nitrogens is 1. The van der Waals surface area contributed by atoms with Gasteiger partial charge in [0.05, 0.1) is 0 Å². The molecule has 1 aromatic rings. The van der Waals surface area contributed by atoms with Gasteiger partial charge in [-0.25, -0.2) is 9.78 Å². The van der Waals surface area contributed by atoms with E-state index in [2.05, 4.69) is 9.88 Å². The fourth-order valence-electron chi connectivity index (χ4n) is 2.51. The fraction of sp³-hybridized carbons (Fsp3) is 0.571. The van der Waals surface area contributed by atoms with E-state index in [0.717, 1.165) is 31.5 Å². The molecule has 0 unspecified atom stereocenters. The van der Waals surface area contributed by atoms with Gasteiger partial charge in [0.2, 0.25) is 0 Å². The molecule has 2 heterocycles. The summed E-state index contributed by atoms with van der Waals surface area (Å²) in [6, 6.07) is 1.76. The maximum Gasteiger partial charge on any atom is 0.339 e.